The van der Waals surface area contributed by atoms with Crippen LogP contribution >= 0.6 is 0 Å². The molecule has 3 nitrogen and oxygen atoms in total. The van der Waals surface area contributed by atoms with E-state index < -0.39 is 0 Å². The second-order valence-corrected chi connectivity index (χ2v) is 4.64. The molecule has 2 aromatic heterocycles. The summed E-state index contributed by atoms with van der Waals surface area (Å²) in [6.07, 6.45) is 2.48. The quantitative estimate of drug-likeness (QED) is 0.787. The number of nitrogen functional groups attached to an aromatic ring is 1. The first kappa shape index (κ1) is 12.4. The molecule has 0 fully saturated rings. The van der Waals surface area contributed by atoms with Crippen molar-refractivity contribution in [3.63, 3.8) is 0 Å². The van der Waals surface area contributed by atoms with E-state index in [4.69, 9.17) is 5.73 Å². The van der Waals surface area contributed by atoms with Crippen LogP contribution in [0.1, 0.15) is 11.4 Å². The van der Waals surface area contributed by atoms with Crippen molar-refractivity contribution < 1.29 is 0 Å². The second-order valence-electron chi connectivity index (χ2n) is 4.64. The molecule has 2 heterocycles. The Balaban J connectivity index is 1.95. The van der Waals surface area contributed by atoms with Gasteiger partial charge in [-0.2, -0.15) is 0 Å². The van der Waals surface area contributed by atoms with Crippen LogP contribution in [0.3, 0.4) is 0 Å². The third-order valence-corrected chi connectivity index (χ3v) is 3.06. The zero-order valence-electron chi connectivity index (χ0n) is 11.0. The van der Waals surface area contributed by atoms with Crippen molar-refractivity contribution in [2.75, 3.05) is 5.73 Å². The van der Waals surface area contributed by atoms with Crippen molar-refractivity contribution in [1.29, 1.82) is 0 Å². The van der Waals surface area contributed by atoms with Crippen LogP contribution in [0.25, 0.3) is 11.3 Å². The van der Waals surface area contributed by atoms with Gasteiger partial charge in [-0.25, -0.2) is 0 Å². The van der Waals surface area contributed by atoms with Crippen LogP contribution in [0.2, 0.25) is 0 Å². The van der Waals surface area contributed by atoms with E-state index in [9.17, 15) is 0 Å². The molecule has 0 aliphatic rings. The third-order valence-electron chi connectivity index (χ3n) is 3.06. The summed E-state index contributed by atoms with van der Waals surface area (Å²) < 4.78 is 0. The van der Waals surface area contributed by atoms with Crippen molar-refractivity contribution in [3.8, 4) is 11.3 Å². The Labute approximate surface area is 118 Å². The number of rotatable bonds is 3. The fourth-order valence-corrected chi connectivity index (χ4v) is 2.15. The molecule has 3 heteroatoms. The molecule has 2 N–H and O–H groups in total. The monoisotopic (exact) mass is 261 g/mol. The average Bonchev–Trinajstić information content (AvgIpc) is 2.49. The summed E-state index contributed by atoms with van der Waals surface area (Å²) in [6, 6.07) is 19.7. The Bertz CT molecular complexity index is 694. The van der Waals surface area contributed by atoms with Crippen LogP contribution < -0.4 is 5.73 Å². The van der Waals surface area contributed by atoms with E-state index in [1.165, 1.54) is 0 Å². The summed E-state index contributed by atoms with van der Waals surface area (Å²) in [5.74, 6) is 0. The largest absolute Gasteiger partial charge is 0.399 e. The van der Waals surface area contributed by atoms with E-state index in [0.29, 0.717) is 6.42 Å². The molecule has 0 unspecified atom stereocenters. The van der Waals surface area contributed by atoms with Gasteiger partial charge < -0.3 is 5.73 Å². The highest BCUT2D eigenvalue weighted by molar-refractivity contribution is 5.63. The molecule has 0 bridgehead atoms. The minimum atomic E-state index is 0.686. The molecule has 0 spiro atoms. The van der Waals surface area contributed by atoms with Gasteiger partial charge in [-0.3, -0.25) is 9.97 Å². The predicted molar refractivity (Wildman–Crippen MR) is 81.1 cm³/mol. The van der Waals surface area contributed by atoms with Gasteiger partial charge in [0.25, 0.3) is 0 Å². The van der Waals surface area contributed by atoms with E-state index in [0.717, 1.165) is 28.3 Å². The van der Waals surface area contributed by atoms with E-state index >= 15 is 0 Å². The maximum Gasteiger partial charge on any atom is 0.0725 e. The standard InChI is InChI=1S/C17H15N3/c18-14-10-16(12-15-8-4-5-9-19-15)20-17(11-14)13-6-2-1-3-7-13/h1-11H,12H2,(H2,18,20). The van der Waals surface area contributed by atoms with Crippen LogP contribution in [-0.2, 0) is 6.42 Å². The average molecular weight is 261 g/mol. The van der Waals surface area contributed by atoms with E-state index in [1.807, 2.05) is 60.7 Å². The third kappa shape index (κ3) is 2.83. The van der Waals surface area contributed by atoms with Crippen molar-refractivity contribution in [3.05, 3.63) is 78.2 Å². The maximum atomic E-state index is 5.99. The number of anilines is 1. The van der Waals surface area contributed by atoms with Crippen LogP contribution in [0.4, 0.5) is 5.69 Å². The highest BCUT2D eigenvalue weighted by Gasteiger charge is 2.05. The number of benzene rings is 1. The first-order chi connectivity index (χ1) is 9.81. The van der Waals surface area contributed by atoms with E-state index in [1.54, 1.807) is 6.20 Å². The molecule has 0 saturated carbocycles. The zero-order chi connectivity index (χ0) is 13.8. The minimum absolute atomic E-state index is 0.686. The lowest BCUT2D eigenvalue weighted by molar-refractivity contribution is 1.02. The Hall–Kier alpha value is -2.68. The number of pyridine rings is 2. The molecule has 20 heavy (non-hydrogen) atoms. The lowest BCUT2D eigenvalue weighted by Gasteiger charge is -2.07. The van der Waals surface area contributed by atoms with Gasteiger partial charge in [0.05, 0.1) is 5.69 Å². The molecule has 3 rings (SSSR count). The van der Waals surface area contributed by atoms with Gasteiger partial charge in [0.15, 0.2) is 0 Å². The van der Waals surface area contributed by atoms with Gasteiger partial charge in [0.2, 0.25) is 0 Å². The normalized spacial score (nSPS) is 10.4. The lowest BCUT2D eigenvalue weighted by Crippen LogP contribution is -1.98. The summed E-state index contributed by atoms with van der Waals surface area (Å²) in [5, 5.41) is 0. The second kappa shape index (κ2) is 5.53. The molecule has 98 valence electrons. The summed E-state index contributed by atoms with van der Waals surface area (Å²) in [7, 11) is 0. The van der Waals surface area contributed by atoms with Crippen LogP contribution in [0.5, 0.6) is 0 Å². The molecule has 0 saturated heterocycles. The van der Waals surface area contributed by atoms with E-state index in [-0.39, 0.29) is 0 Å². The van der Waals surface area contributed by atoms with Gasteiger partial charge in [-0.1, -0.05) is 36.4 Å². The fourth-order valence-electron chi connectivity index (χ4n) is 2.15. The molecule has 0 radical (unpaired) electrons. The molecule has 1 aromatic carbocycles. The molecule has 3 aromatic rings. The first-order valence-electron chi connectivity index (χ1n) is 6.53. The molecule has 0 atom stereocenters. The van der Waals surface area contributed by atoms with Gasteiger partial charge in [0.1, 0.15) is 0 Å². The number of hydrogen-bond acceptors (Lipinski definition) is 3. The smallest absolute Gasteiger partial charge is 0.0725 e. The van der Waals surface area contributed by atoms with Crippen molar-refractivity contribution in [2.24, 2.45) is 0 Å². The molecular formula is C17H15N3. The van der Waals surface area contributed by atoms with Gasteiger partial charge in [-0.15, -0.1) is 0 Å². The summed E-state index contributed by atoms with van der Waals surface area (Å²) >= 11 is 0. The number of nitrogens with two attached hydrogens (primary N) is 1. The van der Waals surface area contributed by atoms with Crippen molar-refractivity contribution in [1.82, 2.24) is 9.97 Å². The van der Waals surface area contributed by atoms with Gasteiger partial charge in [0, 0.05) is 35.3 Å². The molecule has 0 amide bonds. The number of nitrogens with zero attached hydrogens (tertiary/aromatic N) is 2. The van der Waals surface area contributed by atoms with Gasteiger partial charge >= 0.3 is 0 Å². The van der Waals surface area contributed by atoms with Crippen LogP contribution in [0, 0.1) is 0 Å². The topological polar surface area (TPSA) is 51.8 Å². The predicted octanol–water partition coefficient (Wildman–Crippen LogP) is 3.32. The Morgan fingerprint density at radius 2 is 1.65 bits per heavy atom. The number of aromatic nitrogens is 2. The number of hydrogen-bond donors (Lipinski definition) is 1. The first-order valence-corrected chi connectivity index (χ1v) is 6.53. The van der Waals surface area contributed by atoms with Crippen LogP contribution in [0.15, 0.2) is 66.9 Å². The fraction of sp³-hybridized carbons (Fsp3) is 0.0588. The maximum absolute atomic E-state index is 5.99. The lowest BCUT2D eigenvalue weighted by atomic mass is 10.1. The minimum Gasteiger partial charge on any atom is -0.399 e. The summed E-state index contributed by atoms with van der Waals surface area (Å²) in [6.45, 7) is 0. The van der Waals surface area contributed by atoms with Gasteiger partial charge in [-0.05, 0) is 24.3 Å². The van der Waals surface area contributed by atoms with E-state index in [2.05, 4.69) is 9.97 Å². The Morgan fingerprint density at radius 1 is 0.850 bits per heavy atom. The SMILES string of the molecule is Nc1cc(Cc2ccccn2)nc(-c2ccccc2)c1. The van der Waals surface area contributed by atoms with Crippen LogP contribution in [-0.4, -0.2) is 9.97 Å². The highest BCUT2D eigenvalue weighted by atomic mass is 14.7. The zero-order valence-corrected chi connectivity index (χ0v) is 11.0. The molecule has 0 aliphatic heterocycles. The van der Waals surface area contributed by atoms with Crippen molar-refractivity contribution in [2.45, 2.75) is 6.42 Å². The Morgan fingerprint density at radius 3 is 2.40 bits per heavy atom. The summed E-state index contributed by atoms with van der Waals surface area (Å²) in [5.41, 5.74) is 10.6. The van der Waals surface area contributed by atoms with Crippen molar-refractivity contribution >= 4 is 5.69 Å². The molecule has 0 aliphatic carbocycles. The molecular weight excluding hydrogens is 246 g/mol. The highest BCUT2D eigenvalue weighted by Crippen LogP contribution is 2.21. The summed E-state index contributed by atoms with van der Waals surface area (Å²) in [4.78, 5) is 9.00. The Kier molecular flexibility index (Phi) is 3.42.